The predicted molar refractivity (Wildman–Crippen MR) is 81.1 cm³/mol. The molecule has 1 aliphatic rings. The zero-order valence-corrected chi connectivity index (χ0v) is 12.6. The summed E-state index contributed by atoms with van der Waals surface area (Å²) in [5.74, 6) is 2.58. The van der Waals surface area contributed by atoms with Crippen molar-refractivity contribution >= 4 is 0 Å². The smallest absolute Gasteiger partial charge is 0.0300 e. The molecule has 0 saturated heterocycles. The molecule has 106 valence electrons. The summed E-state index contributed by atoms with van der Waals surface area (Å²) in [5, 5.41) is 3.71. The van der Waals surface area contributed by atoms with E-state index in [0.29, 0.717) is 6.04 Å². The Morgan fingerprint density at radius 2 is 2.00 bits per heavy atom. The van der Waals surface area contributed by atoms with Crippen molar-refractivity contribution in [3.8, 4) is 0 Å². The first-order valence-corrected chi connectivity index (χ1v) is 7.81. The standard InChI is InChI=1S/C17H28N2/c1-4-19-17(11-15-6-5-7-18-12-15)16-9-13(2)8-14(3)10-16/h5-7,12-14,16-17,19H,4,8-11H2,1-3H3. The van der Waals surface area contributed by atoms with Crippen LogP contribution in [0.15, 0.2) is 24.5 Å². The highest BCUT2D eigenvalue weighted by Gasteiger charge is 2.29. The number of aromatic nitrogens is 1. The van der Waals surface area contributed by atoms with E-state index in [0.717, 1.165) is 30.7 Å². The fourth-order valence-corrected chi connectivity index (χ4v) is 3.78. The Morgan fingerprint density at radius 1 is 1.26 bits per heavy atom. The lowest BCUT2D eigenvalue weighted by Gasteiger charge is -2.37. The van der Waals surface area contributed by atoms with Crippen LogP contribution in [-0.4, -0.2) is 17.6 Å². The monoisotopic (exact) mass is 260 g/mol. The molecule has 1 heterocycles. The van der Waals surface area contributed by atoms with Gasteiger partial charge in [-0.2, -0.15) is 0 Å². The summed E-state index contributed by atoms with van der Waals surface area (Å²) < 4.78 is 0. The summed E-state index contributed by atoms with van der Waals surface area (Å²) in [6, 6.07) is 4.86. The van der Waals surface area contributed by atoms with Gasteiger partial charge in [0.05, 0.1) is 0 Å². The van der Waals surface area contributed by atoms with Crippen molar-refractivity contribution in [2.45, 2.75) is 52.5 Å². The van der Waals surface area contributed by atoms with Gasteiger partial charge >= 0.3 is 0 Å². The summed E-state index contributed by atoms with van der Waals surface area (Å²) in [4.78, 5) is 4.25. The molecule has 0 aliphatic heterocycles. The van der Waals surface area contributed by atoms with Gasteiger partial charge in [-0.25, -0.2) is 0 Å². The topological polar surface area (TPSA) is 24.9 Å². The van der Waals surface area contributed by atoms with Crippen molar-refractivity contribution in [1.82, 2.24) is 10.3 Å². The molecular formula is C17H28N2. The fraction of sp³-hybridized carbons (Fsp3) is 0.706. The molecule has 1 saturated carbocycles. The highest BCUT2D eigenvalue weighted by molar-refractivity contribution is 5.10. The van der Waals surface area contributed by atoms with E-state index in [9.17, 15) is 0 Å². The molecule has 0 radical (unpaired) electrons. The third-order valence-corrected chi connectivity index (χ3v) is 4.43. The first kappa shape index (κ1) is 14.5. The Bertz CT molecular complexity index is 353. The minimum atomic E-state index is 0.611. The van der Waals surface area contributed by atoms with Gasteiger partial charge in [-0.1, -0.05) is 26.8 Å². The maximum Gasteiger partial charge on any atom is 0.0300 e. The van der Waals surface area contributed by atoms with Crippen molar-refractivity contribution in [1.29, 1.82) is 0 Å². The van der Waals surface area contributed by atoms with E-state index in [2.05, 4.69) is 37.1 Å². The largest absolute Gasteiger partial charge is 0.314 e. The molecule has 0 amide bonds. The summed E-state index contributed by atoms with van der Waals surface area (Å²) >= 11 is 0. The lowest BCUT2D eigenvalue weighted by molar-refractivity contribution is 0.176. The van der Waals surface area contributed by atoms with Crippen molar-refractivity contribution in [3.05, 3.63) is 30.1 Å². The van der Waals surface area contributed by atoms with E-state index in [1.807, 2.05) is 18.5 Å². The maximum atomic E-state index is 4.25. The van der Waals surface area contributed by atoms with Gasteiger partial charge in [0.25, 0.3) is 0 Å². The third kappa shape index (κ3) is 4.31. The normalized spacial score (nSPS) is 29.1. The summed E-state index contributed by atoms with van der Waals surface area (Å²) in [6.45, 7) is 8.10. The van der Waals surface area contributed by atoms with Gasteiger partial charge < -0.3 is 5.32 Å². The Kier molecular flexibility index (Phi) is 5.38. The zero-order chi connectivity index (χ0) is 13.7. The molecule has 1 aromatic heterocycles. The van der Waals surface area contributed by atoms with Crippen molar-refractivity contribution in [2.75, 3.05) is 6.54 Å². The maximum absolute atomic E-state index is 4.25. The SMILES string of the molecule is CCNC(Cc1cccnc1)C1CC(C)CC(C)C1. The quantitative estimate of drug-likeness (QED) is 0.873. The molecule has 1 aromatic rings. The van der Waals surface area contributed by atoms with E-state index < -0.39 is 0 Å². The molecule has 2 nitrogen and oxygen atoms in total. The Balaban J connectivity index is 2.02. The van der Waals surface area contributed by atoms with Crippen LogP contribution in [0.25, 0.3) is 0 Å². The highest BCUT2D eigenvalue weighted by atomic mass is 14.9. The number of hydrogen-bond donors (Lipinski definition) is 1. The second-order valence-corrected chi connectivity index (χ2v) is 6.41. The van der Waals surface area contributed by atoms with E-state index in [4.69, 9.17) is 0 Å². The number of pyridine rings is 1. The van der Waals surface area contributed by atoms with Crippen molar-refractivity contribution in [3.63, 3.8) is 0 Å². The van der Waals surface area contributed by atoms with Gasteiger partial charge in [0, 0.05) is 18.4 Å². The third-order valence-electron chi connectivity index (χ3n) is 4.43. The zero-order valence-electron chi connectivity index (χ0n) is 12.6. The van der Waals surface area contributed by atoms with Gasteiger partial charge in [-0.15, -0.1) is 0 Å². The molecule has 1 N–H and O–H groups in total. The molecule has 0 aromatic carbocycles. The average molecular weight is 260 g/mol. The lowest BCUT2D eigenvalue weighted by atomic mass is 9.73. The van der Waals surface area contributed by atoms with Crippen LogP contribution >= 0.6 is 0 Å². The lowest BCUT2D eigenvalue weighted by Crippen LogP contribution is -2.41. The van der Waals surface area contributed by atoms with Crippen LogP contribution < -0.4 is 5.32 Å². The van der Waals surface area contributed by atoms with Crippen LogP contribution in [-0.2, 0) is 6.42 Å². The summed E-state index contributed by atoms with van der Waals surface area (Å²) in [7, 11) is 0. The summed E-state index contributed by atoms with van der Waals surface area (Å²) in [5.41, 5.74) is 1.36. The van der Waals surface area contributed by atoms with Gasteiger partial charge in [-0.3, -0.25) is 4.98 Å². The number of likely N-dealkylation sites (N-methyl/N-ethyl adjacent to an activating group) is 1. The first-order valence-electron chi connectivity index (χ1n) is 7.81. The highest BCUT2D eigenvalue weighted by Crippen LogP contribution is 2.35. The van der Waals surface area contributed by atoms with Gasteiger partial charge in [0.15, 0.2) is 0 Å². The second-order valence-electron chi connectivity index (χ2n) is 6.41. The fourth-order valence-electron chi connectivity index (χ4n) is 3.78. The van der Waals surface area contributed by atoms with Gasteiger partial charge in [0.1, 0.15) is 0 Å². The Hall–Kier alpha value is -0.890. The number of nitrogens with one attached hydrogen (secondary N) is 1. The molecule has 0 spiro atoms. The molecule has 3 atom stereocenters. The minimum Gasteiger partial charge on any atom is -0.314 e. The number of nitrogens with zero attached hydrogens (tertiary/aromatic N) is 1. The molecule has 3 unspecified atom stereocenters. The van der Waals surface area contributed by atoms with E-state index in [1.54, 1.807) is 0 Å². The molecule has 0 bridgehead atoms. The van der Waals surface area contributed by atoms with Crippen LogP contribution in [0.3, 0.4) is 0 Å². The molecule has 19 heavy (non-hydrogen) atoms. The second kappa shape index (κ2) is 7.04. The molecule has 2 heteroatoms. The first-order chi connectivity index (χ1) is 9.19. The van der Waals surface area contributed by atoms with Crippen LogP contribution in [0.5, 0.6) is 0 Å². The summed E-state index contributed by atoms with van der Waals surface area (Å²) in [6.07, 6.45) is 9.15. The number of hydrogen-bond acceptors (Lipinski definition) is 2. The van der Waals surface area contributed by atoms with Crippen molar-refractivity contribution < 1.29 is 0 Å². The van der Waals surface area contributed by atoms with Crippen LogP contribution in [0, 0.1) is 17.8 Å². The molecule has 1 aliphatic carbocycles. The molecule has 2 rings (SSSR count). The molecule has 1 fully saturated rings. The van der Waals surface area contributed by atoms with Crippen LogP contribution in [0.1, 0.15) is 45.6 Å². The van der Waals surface area contributed by atoms with Gasteiger partial charge in [-0.05, 0) is 61.6 Å². The number of rotatable bonds is 5. The Morgan fingerprint density at radius 3 is 2.58 bits per heavy atom. The predicted octanol–water partition coefficient (Wildman–Crippen LogP) is 3.67. The molecular weight excluding hydrogens is 232 g/mol. The van der Waals surface area contributed by atoms with E-state index in [-0.39, 0.29) is 0 Å². The Labute approximate surface area is 118 Å². The van der Waals surface area contributed by atoms with E-state index >= 15 is 0 Å². The average Bonchev–Trinajstić information content (AvgIpc) is 2.38. The van der Waals surface area contributed by atoms with Crippen LogP contribution in [0.2, 0.25) is 0 Å². The minimum absolute atomic E-state index is 0.611. The van der Waals surface area contributed by atoms with Crippen molar-refractivity contribution in [2.24, 2.45) is 17.8 Å². The van der Waals surface area contributed by atoms with Crippen LogP contribution in [0.4, 0.5) is 0 Å². The van der Waals surface area contributed by atoms with Gasteiger partial charge in [0.2, 0.25) is 0 Å². The van der Waals surface area contributed by atoms with E-state index in [1.165, 1.54) is 24.8 Å².